The third-order valence-electron chi connectivity index (χ3n) is 5.93. The molecule has 1 aliphatic rings. The molecule has 34 heavy (non-hydrogen) atoms. The molecule has 1 aliphatic heterocycles. The number of rotatable bonds is 7. The van der Waals surface area contributed by atoms with Crippen molar-refractivity contribution in [3.05, 3.63) is 94.0 Å². The topological polar surface area (TPSA) is 81.9 Å². The number of para-hydroxylation sites is 1. The van der Waals surface area contributed by atoms with E-state index < -0.39 is 11.9 Å². The highest BCUT2D eigenvalue weighted by molar-refractivity contribution is 6.10. The summed E-state index contributed by atoms with van der Waals surface area (Å²) in [5.41, 5.74) is 1.12. The number of aromatic nitrogens is 1. The molecule has 4 aromatic rings. The van der Waals surface area contributed by atoms with Gasteiger partial charge in [-0.3, -0.25) is 14.5 Å². The largest absolute Gasteiger partial charge is 0.493 e. The molecule has 7 nitrogen and oxygen atoms in total. The van der Waals surface area contributed by atoms with Crippen LogP contribution in [-0.4, -0.2) is 24.6 Å². The molecule has 0 spiro atoms. The fourth-order valence-electron chi connectivity index (χ4n) is 4.27. The van der Waals surface area contributed by atoms with Gasteiger partial charge in [0.15, 0.2) is 16.9 Å². The van der Waals surface area contributed by atoms with E-state index in [1.807, 2.05) is 12.1 Å². The standard InChI is InChI=1S/C27H24N2O5/c1-3-4-15-33-20-13-12-17(16-21(20)32-2)24-23-25(30)18-9-5-6-10-19(18)34-26(23)27(31)29(24)22-11-7-8-14-28-22/h5-14,16,24H,3-4,15H2,1-2H3. The van der Waals surface area contributed by atoms with Gasteiger partial charge in [0.2, 0.25) is 5.76 Å². The third-order valence-corrected chi connectivity index (χ3v) is 5.93. The summed E-state index contributed by atoms with van der Waals surface area (Å²) in [6.07, 6.45) is 3.56. The van der Waals surface area contributed by atoms with E-state index in [0.717, 1.165) is 12.8 Å². The molecule has 3 heterocycles. The van der Waals surface area contributed by atoms with Gasteiger partial charge in [0.25, 0.3) is 5.91 Å². The van der Waals surface area contributed by atoms with Crippen LogP contribution in [0.5, 0.6) is 11.5 Å². The molecule has 2 aromatic carbocycles. The van der Waals surface area contributed by atoms with Gasteiger partial charge in [0.05, 0.1) is 30.7 Å². The van der Waals surface area contributed by atoms with Crippen molar-refractivity contribution >= 4 is 22.7 Å². The summed E-state index contributed by atoms with van der Waals surface area (Å²) in [5, 5.41) is 0.424. The molecule has 0 radical (unpaired) electrons. The Morgan fingerprint density at radius 3 is 2.62 bits per heavy atom. The van der Waals surface area contributed by atoms with Gasteiger partial charge in [-0.15, -0.1) is 0 Å². The third kappa shape index (κ3) is 3.59. The number of methoxy groups -OCH3 is 1. The summed E-state index contributed by atoms with van der Waals surface area (Å²) in [5.74, 6) is 1.18. The Kier molecular flexibility index (Phi) is 5.76. The Morgan fingerprint density at radius 2 is 1.85 bits per heavy atom. The minimum atomic E-state index is -0.725. The first-order valence-electron chi connectivity index (χ1n) is 11.2. The first-order valence-corrected chi connectivity index (χ1v) is 11.2. The van der Waals surface area contributed by atoms with Crippen molar-refractivity contribution < 1.29 is 18.7 Å². The van der Waals surface area contributed by atoms with Crippen LogP contribution in [0.25, 0.3) is 11.0 Å². The highest BCUT2D eigenvalue weighted by Gasteiger charge is 2.44. The van der Waals surface area contributed by atoms with Crippen molar-refractivity contribution in [1.29, 1.82) is 0 Å². The van der Waals surface area contributed by atoms with Crippen LogP contribution in [-0.2, 0) is 0 Å². The predicted octanol–water partition coefficient (Wildman–Crippen LogP) is 5.13. The molecule has 1 unspecified atom stereocenters. The number of ether oxygens (including phenoxy) is 2. The molecule has 0 aliphatic carbocycles. The zero-order valence-electron chi connectivity index (χ0n) is 19.0. The van der Waals surface area contributed by atoms with Crippen LogP contribution >= 0.6 is 0 Å². The maximum absolute atomic E-state index is 13.6. The lowest BCUT2D eigenvalue weighted by molar-refractivity contribution is 0.0970. The minimum absolute atomic E-state index is 0.0293. The number of carbonyl (C=O) groups excluding carboxylic acids is 1. The maximum Gasteiger partial charge on any atom is 0.296 e. The number of pyridine rings is 1. The van der Waals surface area contributed by atoms with Crippen LogP contribution in [0.3, 0.4) is 0 Å². The van der Waals surface area contributed by atoms with Crippen molar-refractivity contribution in [3.63, 3.8) is 0 Å². The smallest absolute Gasteiger partial charge is 0.296 e. The number of nitrogens with zero attached hydrogens (tertiary/aromatic N) is 2. The fourth-order valence-corrected chi connectivity index (χ4v) is 4.27. The van der Waals surface area contributed by atoms with Crippen LogP contribution in [0.4, 0.5) is 5.82 Å². The Hall–Kier alpha value is -4.13. The van der Waals surface area contributed by atoms with Crippen molar-refractivity contribution in [1.82, 2.24) is 4.98 Å². The van der Waals surface area contributed by atoms with Crippen molar-refractivity contribution in [2.45, 2.75) is 25.8 Å². The quantitative estimate of drug-likeness (QED) is 0.359. The summed E-state index contributed by atoms with van der Waals surface area (Å²) < 4.78 is 17.4. The summed E-state index contributed by atoms with van der Waals surface area (Å²) in [7, 11) is 1.57. The van der Waals surface area contributed by atoms with Crippen LogP contribution in [0.1, 0.15) is 47.5 Å². The van der Waals surface area contributed by atoms with Crippen LogP contribution in [0, 0.1) is 0 Å². The Labute approximate surface area is 196 Å². The molecule has 0 fully saturated rings. The highest BCUT2D eigenvalue weighted by atomic mass is 16.5. The summed E-state index contributed by atoms with van der Waals surface area (Å²) >= 11 is 0. The number of benzene rings is 2. The molecule has 0 N–H and O–H groups in total. The lowest BCUT2D eigenvalue weighted by Gasteiger charge is -2.25. The van der Waals surface area contributed by atoms with Gasteiger partial charge in [-0.1, -0.05) is 37.6 Å². The Balaban J connectivity index is 1.70. The van der Waals surface area contributed by atoms with Gasteiger partial charge in [-0.2, -0.15) is 0 Å². The van der Waals surface area contributed by atoms with Gasteiger partial charge in [-0.25, -0.2) is 4.98 Å². The molecule has 1 atom stereocenters. The summed E-state index contributed by atoms with van der Waals surface area (Å²) in [6, 6.07) is 17.0. The number of carbonyl (C=O) groups is 1. The molecule has 172 valence electrons. The molecule has 7 heteroatoms. The van der Waals surface area contributed by atoms with E-state index in [4.69, 9.17) is 13.9 Å². The zero-order chi connectivity index (χ0) is 23.7. The lowest BCUT2D eigenvalue weighted by atomic mass is 9.98. The van der Waals surface area contributed by atoms with Crippen molar-refractivity contribution in [3.8, 4) is 11.5 Å². The molecule has 2 aromatic heterocycles. The summed E-state index contributed by atoms with van der Waals surface area (Å²) in [4.78, 5) is 33.1. The van der Waals surface area contributed by atoms with E-state index in [9.17, 15) is 9.59 Å². The van der Waals surface area contributed by atoms with Crippen molar-refractivity contribution in [2.75, 3.05) is 18.6 Å². The van der Waals surface area contributed by atoms with E-state index in [1.54, 1.807) is 61.8 Å². The number of anilines is 1. The highest BCUT2D eigenvalue weighted by Crippen LogP contribution is 2.42. The monoisotopic (exact) mass is 456 g/mol. The second-order valence-electron chi connectivity index (χ2n) is 8.05. The second kappa shape index (κ2) is 9.02. The Morgan fingerprint density at radius 1 is 1.03 bits per heavy atom. The predicted molar refractivity (Wildman–Crippen MR) is 129 cm³/mol. The molecule has 0 saturated carbocycles. The average Bonchev–Trinajstić information content (AvgIpc) is 3.17. The summed E-state index contributed by atoms with van der Waals surface area (Å²) in [6.45, 7) is 2.67. The van der Waals surface area contributed by atoms with Gasteiger partial charge in [0.1, 0.15) is 11.4 Å². The van der Waals surface area contributed by atoms with E-state index in [2.05, 4.69) is 11.9 Å². The van der Waals surface area contributed by atoms with Crippen molar-refractivity contribution in [2.24, 2.45) is 0 Å². The molecule has 0 saturated heterocycles. The number of unbranched alkanes of at least 4 members (excludes halogenated alkanes) is 1. The maximum atomic E-state index is 13.6. The molecule has 0 bridgehead atoms. The molecule has 5 rings (SSSR count). The molecular weight excluding hydrogens is 432 g/mol. The van der Waals surface area contributed by atoms with Gasteiger partial charge in [0, 0.05) is 6.20 Å². The van der Waals surface area contributed by atoms with E-state index in [1.165, 1.54) is 4.90 Å². The van der Waals surface area contributed by atoms with E-state index >= 15 is 0 Å². The lowest BCUT2D eigenvalue weighted by Crippen LogP contribution is -2.30. The van der Waals surface area contributed by atoms with Gasteiger partial charge < -0.3 is 13.9 Å². The number of amides is 1. The SMILES string of the molecule is CCCCOc1ccc(C2c3c(oc4ccccc4c3=O)C(=O)N2c2ccccn2)cc1OC. The van der Waals surface area contributed by atoms with E-state index in [-0.39, 0.29) is 16.8 Å². The molecular formula is C27H24N2O5. The fraction of sp³-hybridized carbons (Fsp3) is 0.222. The molecule has 1 amide bonds. The van der Waals surface area contributed by atoms with Crippen LogP contribution < -0.4 is 19.8 Å². The number of fused-ring (bicyclic) bond motifs is 2. The first-order chi connectivity index (χ1) is 16.6. The average molecular weight is 456 g/mol. The van der Waals surface area contributed by atoms with E-state index in [0.29, 0.717) is 40.5 Å². The Bertz CT molecular complexity index is 1410. The minimum Gasteiger partial charge on any atom is -0.493 e. The second-order valence-corrected chi connectivity index (χ2v) is 8.05. The normalized spacial score (nSPS) is 14.9. The van der Waals surface area contributed by atoms with Gasteiger partial charge >= 0.3 is 0 Å². The first kappa shape index (κ1) is 21.7. The number of hydrogen-bond acceptors (Lipinski definition) is 6. The zero-order valence-corrected chi connectivity index (χ0v) is 19.0. The van der Waals surface area contributed by atoms with Crippen LogP contribution in [0.2, 0.25) is 0 Å². The number of hydrogen-bond donors (Lipinski definition) is 0. The van der Waals surface area contributed by atoms with Gasteiger partial charge in [-0.05, 0) is 48.4 Å². The van der Waals surface area contributed by atoms with Crippen LogP contribution in [0.15, 0.2) is 76.1 Å².